The van der Waals surface area contributed by atoms with Crippen molar-refractivity contribution in [2.75, 3.05) is 26.2 Å². The Morgan fingerprint density at radius 3 is 2.22 bits per heavy atom. The van der Waals surface area contributed by atoms with Gasteiger partial charge in [0, 0.05) is 26.2 Å². The molecule has 8 nitrogen and oxygen atoms in total. The number of aryl methyl sites for hydroxylation is 3. The number of hydrogen-bond donors (Lipinski definition) is 0. The molecule has 0 bridgehead atoms. The largest absolute Gasteiger partial charge is 0.420 e. The molecule has 9 heteroatoms. The van der Waals surface area contributed by atoms with Crippen LogP contribution >= 0.6 is 0 Å². The fraction of sp³-hybridized carbons (Fsp3) is 0.391. The molecule has 1 atom stereocenters. The summed E-state index contributed by atoms with van der Waals surface area (Å²) >= 11 is 0. The lowest BCUT2D eigenvalue weighted by molar-refractivity contribution is -0.135. The normalized spacial score (nSPS) is 16.4. The highest BCUT2D eigenvalue weighted by Gasteiger charge is 2.34. The molecule has 0 N–H and O–H groups in total. The van der Waals surface area contributed by atoms with Gasteiger partial charge in [0.1, 0.15) is 6.04 Å². The van der Waals surface area contributed by atoms with E-state index >= 15 is 0 Å². The number of sulfonamides is 1. The van der Waals surface area contributed by atoms with E-state index in [0.29, 0.717) is 16.0 Å². The quantitative estimate of drug-likeness (QED) is 0.600. The van der Waals surface area contributed by atoms with Crippen molar-refractivity contribution in [1.82, 2.24) is 13.8 Å². The summed E-state index contributed by atoms with van der Waals surface area (Å²) in [7, 11) is -3.66. The Morgan fingerprint density at radius 1 is 1.00 bits per heavy atom. The number of carbonyl (C=O) groups is 1. The number of benzene rings is 2. The van der Waals surface area contributed by atoms with Gasteiger partial charge in [0.15, 0.2) is 5.58 Å². The third-order valence-electron chi connectivity index (χ3n) is 6.02. The molecule has 2 heterocycles. The molecule has 0 radical (unpaired) electrons. The number of amides is 1. The summed E-state index contributed by atoms with van der Waals surface area (Å²) in [6.07, 6.45) is 0. The lowest BCUT2D eigenvalue weighted by atomic mass is 10.1. The van der Waals surface area contributed by atoms with Crippen LogP contribution in [0.25, 0.3) is 11.1 Å². The number of piperazine rings is 1. The Labute approximate surface area is 187 Å². The first kappa shape index (κ1) is 22.3. The van der Waals surface area contributed by atoms with E-state index in [1.807, 2.05) is 19.1 Å². The average molecular weight is 458 g/mol. The SMILES string of the molecule is Cc1cc(C)c(S(=O)(=O)N2CCN(C(=O)C(C)n3c(=O)oc4ccccc43)CC2)c(C)c1. The lowest BCUT2D eigenvalue weighted by Gasteiger charge is -2.35. The first-order valence-corrected chi connectivity index (χ1v) is 12.0. The van der Waals surface area contributed by atoms with Crippen molar-refractivity contribution in [2.45, 2.75) is 38.6 Å². The summed E-state index contributed by atoms with van der Waals surface area (Å²) in [4.78, 5) is 27.4. The minimum absolute atomic E-state index is 0.203. The zero-order chi connectivity index (χ0) is 23.2. The Hall–Kier alpha value is -2.91. The number of oxazole rings is 1. The van der Waals surface area contributed by atoms with Gasteiger partial charge < -0.3 is 9.32 Å². The molecular formula is C23H27N3O5S. The van der Waals surface area contributed by atoms with Gasteiger partial charge in [-0.1, -0.05) is 29.8 Å². The number of para-hydroxylation sites is 2. The summed E-state index contributed by atoms with van der Waals surface area (Å²) in [6, 6.07) is 9.95. The molecule has 3 aromatic rings. The summed E-state index contributed by atoms with van der Waals surface area (Å²) in [5.41, 5.74) is 3.45. The minimum atomic E-state index is -3.66. The molecule has 1 aliphatic heterocycles. The first-order valence-electron chi connectivity index (χ1n) is 10.6. The van der Waals surface area contributed by atoms with E-state index in [4.69, 9.17) is 4.42 Å². The van der Waals surface area contributed by atoms with Crippen molar-refractivity contribution in [3.63, 3.8) is 0 Å². The topological polar surface area (TPSA) is 92.8 Å². The second-order valence-corrected chi connectivity index (χ2v) is 10.2. The third-order valence-corrected chi connectivity index (χ3v) is 8.22. The molecular weight excluding hydrogens is 430 g/mol. The van der Waals surface area contributed by atoms with Crippen molar-refractivity contribution < 1.29 is 17.6 Å². The second kappa shape index (κ2) is 8.22. The van der Waals surface area contributed by atoms with Crippen LogP contribution in [0, 0.1) is 20.8 Å². The van der Waals surface area contributed by atoms with Gasteiger partial charge in [0.25, 0.3) is 0 Å². The van der Waals surface area contributed by atoms with Gasteiger partial charge in [0.2, 0.25) is 15.9 Å². The molecule has 32 heavy (non-hydrogen) atoms. The molecule has 1 aliphatic rings. The standard InChI is InChI=1S/C23H27N3O5S/c1-15-13-16(2)21(17(3)14-15)32(29,30)25-11-9-24(10-12-25)22(27)18(4)26-19-7-5-6-8-20(19)31-23(26)28/h5-8,13-14,18H,9-12H2,1-4H3. The molecule has 1 amide bonds. The molecule has 1 unspecified atom stereocenters. The fourth-order valence-corrected chi connectivity index (χ4v) is 6.41. The maximum Gasteiger partial charge on any atom is 0.420 e. The van der Waals surface area contributed by atoms with Crippen LogP contribution in [0.3, 0.4) is 0 Å². The smallest absolute Gasteiger partial charge is 0.408 e. The average Bonchev–Trinajstić information content (AvgIpc) is 3.07. The van der Waals surface area contributed by atoms with Crippen molar-refractivity contribution in [2.24, 2.45) is 0 Å². The molecule has 0 saturated carbocycles. The van der Waals surface area contributed by atoms with Crippen LogP contribution in [-0.2, 0) is 14.8 Å². The monoisotopic (exact) mass is 457 g/mol. The van der Waals surface area contributed by atoms with E-state index in [0.717, 1.165) is 16.7 Å². The van der Waals surface area contributed by atoms with Gasteiger partial charge in [0.05, 0.1) is 10.4 Å². The highest BCUT2D eigenvalue weighted by atomic mass is 32.2. The van der Waals surface area contributed by atoms with Gasteiger partial charge in [-0.05, 0) is 51.0 Å². The molecule has 1 fully saturated rings. The molecule has 2 aromatic carbocycles. The van der Waals surface area contributed by atoms with Crippen molar-refractivity contribution >= 4 is 27.0 Å². The van der Waals surface area contributed by atoms with Crippen LogP contribution in [0.4, 0.5) is 0 Å². The maximum atomic E-state index is 13.3. The van der Waals surface area contributed by atoms with Crippen LogP contribution in [0.5, 0.6) is 0 Å². The molecule has 1 saturated heterocycles. The molecule has 1 aromatic heterocycles. The second-order valence-electron chi connectivity index (χ2n) is 8.34. The van der Waals surface area contributed by atoms with Crippen LogP contribution in [0.1, 0.15) is 29.7 Å². The number of hydrogen-bond acceptors (Lipinski definition) is 5. The highest BCUT2D eigenvalue weighted by Crippen LogP contribution is 2.26. The van der Waals surface area contributed by atoms with Crippen molar-refractivity contribution in [3.05, 3.63) is 63.6 Å². The van der Waals surface area contributed by atoms with E-state index in [9.17, 15) is 18.0 Å². The summed E-state index contributed by atoms with van der Waals surface area (Å²) < 4.78 is 34.6. The van der Waals surface area contributed by atoms with Gasteiger partial charge in [-0.2, -0.15) is 4.31 Å². The predicted molar refractivity (Wildman–Crippen MR) is 121 cm³/mol. The van der Waals surface area contributed by atoms with Crippen LogP contribution in [-0.4, -0.2) is 54.3 Å². The maximum absolute atomic E-state index is 13.3. The zero-order valence-corrected chi connectivity index (χ0v) is 19.5. The Bertz CT molecular complexity index is 1320. The van der Waals surface area contributed by atoms with Crippen LogP contribution in [0.15, 0.2) is 50.5 Å². The Balaban J connectivity index is 1.52. The van der Waals surface area contributed by atoms with Crippen molar-refractivity contribution in [1.29, 1.82) is 0 Å². The third kappa shape index (κ3) is 3.75. The summed E-state index contributed by atoms with van der Waals surface area (Å²) in [5.74, 6) is -0.822. The first-order chi connectivity index (χ1) is 15.1. The van der Waals surface area contributed by atoms with Gasteiger partial charge in [-0.15, -0.1) is 0 Å². The summed E-state index contributed by atoms with van der Waals surface area (Å²) in [6.45, 7) is 8.14. The van der Waals surface area contributed by atoms with Gasteiger partial charge in [-0.25, -0.2) is 13.2 Å². The van der Waals surface area contributed by atoms with E-state index in [2.05, 4.69) is 0 Å². The Morgan fingerprint density at radius 2 is 1.59 bits per heavy atom. The number of aromatic nitrogens is 1. The number of rotatable bonds is 4. The lowest BCUT2D eigenvalue weighted by Crippen LogP contribution is -2.52. The summed E-state index contributed by atoms with van der Waals surface area (Å²) in [5, 5.41) is 0. The van der Waals surface area contributed by atoms with E-state index < -0.39 is 21.8 Å². The van der Waals surface area contributed by atoms with Gasteiger partial charge >= 0.3 is 5.76 Å². The minimum Gasteiger partial charge on any atom is -0.408 e. The molecule has 4 rings (SSSR count). The highest BCUT2D eigenvalue weighted by molar-refractivity contribution is 7.89. The molecule has 0 spiro atoms. The number of carbonyl (C=O) groups excluding carboxylic acids is 1. The fourth-order valence-electron chi connectivity index (χ4n) is 4.58. The van der Waals surface area contributed by atoms with Crippen molar-refractivity contribution in [3.8, 4) is 0 Å². The number of nitrogens with zero attached hydrogens (tertiary/aromatic N) is 3. The van der Waals surface area contributed by atoms with Crippen LogP contribution in [0.2, 0.25) is 0 Å². The predicted octanol–water partition coefficient (Wildman–Crippen LogP) is 2.61. The van der Waals surface area contributed by atoms with E-state index in [1.165, 1.54) is 8.87 Å². The molecule has 0 aliphatic carbocycles. The zero-order valence-electron chi connectivity index (χ0n) is 18.7. The van der Waals surface area contributed by atoms with E-state index in [-0.39, 0.29) is 32.1 Å². The van der Waals surface area contributed by atoms with E-state index in [1.54, 1.807) is 49.9 Å². The van der Waals surface area contributed by atoms with Gasteiger partial charge in [-0.3, -0.25) is 9.36 Å². The number of fused-ring (bicyclic) bond motifs is 1. The molecule has 170 valence electrons. The Kier molecular flexibility index (Phi) is 5.72. The van der Waals surface area contributed by atoms with Crippen LogP contribution < -0.4 is 5.76 Å².